The van der Waals surface area contributed by atoms with Gasteiger partial charge in [0.2, 0.25) is 0 Å². The molecule has 392 valence electrons. The summed E-state index contributed by atoms with van der Waals surface area (Å²) in [5.41, 5.74) is -7.69. The number of Topliss-reactive ketones (excluding diaryl/α,β-unsaturated/α-hetero) is 2. The standard InChI is InChI=1S/C16H21BF2O2.C11H9F5O3S.C11H9F3O4S.C10H10O2/c1-14(2)15(3,4)21-17(20-14)12-7-8-13-11(10-12)6-5-9-16(13,18)19;12-10(13)5-1-2-7-6-8(3-4-9(7)10)19-20(17,18)11(14,15)16;12-11(13,14)19(16,17)18-8-4-5-9-7(6-8)2-1-3-10(9)15;11-8-4-5-9-7(6-8)2-1-3-10(9)12/h7-8,10H,5-6,9H2,1-4H3;3-4,6H,1-2,5H2;4-6H,1-3H2;4-6,11H,1-3H2. The molecule has 0 atom stereocenters. The number of benzene rings is 4. The highest BCUT2D eigenvalue weighted by Gasteiger charge is 2.53. The predicted molar refractivity (Wildman–Crippen MR) is 243 cm³/mol. The molecule has 9 rings (SSSR count). The second-order valence-corrected chi connectivity index (χ2v) is 21.7. The van der Waals surface area contributed by atoms with Crippen LogP contribution in [0.15, 0.2) is 72.8 Å². The number of phenolic OH excluding ortho intramolecular Hbond substituents is 1. The summed E-state index contributed by atoms with van der Waals surface area (Å²) in [6, 6.07) is 16.1. The fraction of sp³-hybridized carbons (Fsp3) is 0.458. The number of hydrogen-bond acceptors (Lipinski definition) is 11. The van der Waals surface area contributed by atoms with Gasteiger partial charge in [0.15, 0.2) is 11.6 Å². The summed E-state index contributed by atoms with van der Waals surface area (Å²) >= 11 is 0. The number of fused-ring (bicyclic) bond motifs is 4. The van der Waals surface area contributed by atoms with Gasteiger partial charge in [0.05, 0.1) is 11.2 Å². The van der Waals surface area contributed by atoms with Gasteiger partial charge < -0.3 is 22.8 Å². The molecule has 4 aliphatic carbocycles. The van der Waals surface area contributed by atoms with Crippen LogP contribution < -0.4 is 13.8 Å². The van der Waals surface area contributed by atoms with Gasteiger partial charge in [-0.05, 0) is 161 Å². The zero-order valence-corrected chi connectivity index (χ0v) is 40.7. The first-order valence-corrected chi connectivity index (χ1v) is 25.4. The van der Waals surface area contributed by atoms with Crippen LogP contribution >= 0.6 is 0 Å². The molecule has 1 saturated heterocycles. The van der Waals surface area contributed by atoms with Gasteiger partial charge in [0.1, 0.15) is 17.2 Å². The first-order valence-electron chi connectivity index (χ1n) is 22.5. The zero-order chi connectivity index (χ0) is 53.5. The lowest BCUT2D eigenvalue weighted by atomic mass is 9.75. The highest BCUT2D eigenvalue weighted by atomic mass is 32.2. The lowest BCUT2D eigenvalue weighted by molar-refractivity contribution is -0.0505. The van der Waals surface area contributed by atoms with E-state index in [0.29, 0.717) is 49.7 Å². The number of aryl methyl sites for hydroxylation is 4. The Kier molecular flexibility index (Phi) is 16.1. The van der Waals surface area contributed by atoms with Crippen LogP contribution in [-0.2, 0) is 67.1 Å². The van der Waals surface area contributed by atoms with Crippen molar-refractivity contribution in [1.82, 2.24) is 0 Å². The fourth-order valence-corrected chi connectivity index (χ4v) is 9.32. The third kappa shape index (κ3) is 12.8. The van der Waals surface area contributed by atoms with Crippen molar-refractivity contribution in [1.29, 1.82) is 0 Å². The third-order valence-corrected chi connectivity index (χ3v) is 14.8. The molecule has 0 aromatic heterocycles. The summed E-state index contributed by atoms with van der Waals surface area (Å²) in [4.78, 5) is 22.8. The normalized spacial score (nSPS) is 19.5. The van der Waals surface area contributed by atoms with Gasteiger partial charge in [0.25, 0.3) is 11.8 Å². The fourth-order valence-electron chi connectivity index (χ4n) is 8.42. The molecule has 1 aliphatic heterocycles. The van der Waals surface area contributed by atoms with E-state index >= 15 is 0 Å². The average Bonchev–Trinajstić information content (AvgIpc) is 3.48. The van der Waals surface area contributed by atoms with Crippen molar-refractivity contribution in [3.63, 3.8) is 0 Å². The second kappa shape index (κ2) is 20.6. The van der Waals surface area contributed by atoms with E-state index in [-0.39, 0.29) is 59.7 Å². The van der Waals surface area contributed by atoms with Crippen LogP contribution in [0.5, 0.6) is 17.2 Å². The lowest BCUT2D eigenvalue weighted by Gasteiger charge is -2.32. The van der Waals surface area contributed by atoms with Crippen LogP contribution in [-0.4, -0.2) is 62.8 Å². The molecule has 24 heteroatoms. The maximum absolute atomic E-state index is 13.9. The Morgan fingerprint density at radius 1 is 0.528 bits per heavy atom. The molecule has 1 fully saturated rings. The quantitative estimate of drug-likeness (QED) is 0.0877. The van der Waals surface area contributed by atoms with Crippen LogP contribution in [0.2, 0.25) is 0 Å². The van der Waals surface area contributed by atoms with Crippen molar-refractivity contribution in [2.24, 2.45) is 0 Å². The molecule has 1 heterocycles. The molecule has 5 aliphatic rings. The Morgan fingerprint density at radius 3 is 1.39 bits per heavy atom. The monoisotopic (exact) mass is 1070 g/mol. The predicted octanol–water partition coefficient (Wildman–Crippen LogP) is 11.1. The number of carbonyl (C=O) groups excluding carboxylic acids is 2. The lowest BCUT2D eigenvalue weighted by Crippen LogP contribution is -2.41. The van der Waals surface area contributed by atoms with Crippen LogP contribution in [0.1, 0.15) is 133 Å². The number of ketones is 2. The van der Waals surface area contributed by atoms with Gasteiger partial charge in [-0.2, -0.15) is 43.2 Å². The van der Waals surface area contributed by atoms with Gasteiger partial charge in [-0.25, -0.2) is 17.6 Å². The smallest absolute Gasteiger partial charge is 0.508 e. The first-order chi connectivity index (χ1) is 33.1. The van der Waals surface area contributed by atoms with Crippen molar-refractivity contribution in [3.05, 3.63) is 117 Å². The topological polar surface area (TPSA) is 160 Å². The van der Waals surface area contributed by atoms with Gasteiger partial charge in [-0.1, -0.05) is 18.2 Å². The molecule has 0 spiro atoms. The van der Waals surface area contributed by atoms with Crippen molar-refractivity contribution in [2.75, 3.05) is 0 Å². The van der Waals surface area contributed by atoms with Crippen molar-refractivity contribution >= 4 is 44.4 Å². The zero-order valence-electron chi connectivity index (χ0n) is 39.1. The number of rotatable bonds is 5. The van der Waals surface area contributed by atoms with Crippen molar-refractivity contribution < 1.29 is 93.1 Å². The number of phenols is 1. The Morgan fingerprint density at radius 2 is 0.917 bits per heavy atom. The Balaban J connectivity index is 0.000000159. The van der Waals surface area contributed by atoms with Crippen LogP contribution in [0.3, 0.4) is 0 Å². The van der Waals surface area contributed by atoms with E-state index in [0.717, 1.165) is 65.3 Å². The summed E-state index contributed by atoms with van der Waals surface area (Å²) in [7, 11) is -12.0. The summed E-state index contributed by atoms with van der Waals surface area (Å²) in [6.45, 7) is 7.94. The van der Waals surface area contributed by atoms with Crippen LogP contribution in [0.4, 0.5) is 43.9 Å². The summed E-state index contributed by atoms with van der Waals surface area (Å²) in [5.74, 6) is -6.48. The Bertz CT molecular complexity index is 2910. The van der Waals surface area contributed by atoms with E-state index in [4.69, 9.17) is 14.4 Å². The summed E-state index contributed by atoms with van der Waals surface area (Å²) in [5, 5.41) is 9.16. The molecule has 0 radical (unpaired) electrons. The van der Waals surface area contributed by atoms with Crippen molar-refractivity contribution in [2.45, 2.75) is 139 Å². The van der Waals surface area contributed by atoms with E-state index in [1.807, 2.05) is 33.8 Å². The number of hydrogen-bond donors (Lipinski definition) is 1. The van der Waals surface area contributed by atoms with E-state index in [1.165, 1.54) is 12.1 Å². The molecule has 0 saturated carbocycles. The first kappa shape index (κ1) is 56.1. The molecule has 0 unspecified atom stereocenters. The largest absolute Gasteiger partial charge is 0.534 e. The second-order valence-electron chi connectivity index (χ2n) is 18.6. The van der Waals surface area contributed by atoms with Crippen LogP contribution in [0, 0.1) is 0 Å². The van der Waals surface area contributed by atoms with E-state index in [9.17, 15) is 70.3 Å². The minimum absolute atomic E-state index is 0.0597. The molecule has 4 aromatic rings. The van der Waals surface area contributed by atoms with Crippen LogP contribution in [0.25, 0.3) is 0 Å². The maximum atomic E-state index is 13.9. The van der Waals surface area contributed by atoms with E-state index in [1.54, 1.807) is 24.3 Å². The van der Waals surface area contributed by atoms with Crippen molar-refractivity contribution in [3.8, 4) is 17.2 Å². The van der Waals surface area contributed by atoms with E-state index < -0.39 is 72.9 Å². The number of carbonyl (C=O) groups is 2. The molecular formula is C48H49BF10O11S2. The van der Waals surface area contributed by atoms with Gasteiger partial charge in [-0.3, -0.25) is 9.59 Å². The molecule has 72 heavy (non-hydrogen) atoms. The van der Waals surface area contributed by atoms with Gasteiger partial charge in [-0.15, -0.1) is 0 Å². The summed E-state index contributed by atoms with van der Waals surface area (Å²) < 4.78 is 191. The molecule has 0 bridgehead atoms. The third-order valence-electron chi connectivity index (χ3n) is 12.8. The molecule has 1 N–H and O–H groups in total. The SMILES string of the molecule is CC1(C)OB(c2ccc3c(c2)CCCC3(F)F)OC1(C)C.O=C1CCCc2cc(O)ccc21.O=C1CCCc2cc(OS(=O)(=O)C(F)(F)F)ccc21.O=S(=O)(Oc1ccc2c(c1)CCCC2(F)F)C(F)(F)F. The Hall–Kier alpha value is -5.20. The number of alkyl halides is 10. The number of aromatic hydroxyl groups is 1. The molecular weight excluding hydrogens is 1020 g/mol. The minimum Gasteiger partial charge on any atom is -0.508 e. The molecule has 0 amide bonds. The molecule has 4 aromatic carbocycles. The maximum Gasteiger partial charge on any atom is 0.534 e. The van der Waals surface area contributed by atoms with Gasteiger partial charge in [0, 0.05) is 47.9 Å². The summed E-state index contributed by atoms with van der Waals surface area (Å²) in [6.07, 6.45) is 5.15. The van der Waals surface area contributed by atoms with Gasteiger partial charge >= 0.3 is 38.4 Å². The highest BCUT2D eigenvalue weighted by molar-refractivity contribution is 7.88. The molecule has 11 nitrogen and oxygen atoms in total. The van der Waals surface area contributed by atoms with E-state index in [2.05, 4.69) is 8.37 Å². The average molecular weight is 1070 g/mol. The highest BCUT2D eigenvalue weighted by Crippen LogP contribution is 2.43. The Labute approximate surface area is 409 Å². The minimum atomic E-state index is -5.79. The number of halogens is 10.